The van der Waals surface area contributed by atoms with Crippen LogP contribution in [0.1, 0.15) is 26.6 Å². The molecule has 1 aromatic heterocycles. The van der Waals surface area contributed by atoms with Gasteiger partial charge in [0.1, 0.15) is 23.6 Å². The van der Waals surface area contributed by atoms with E-state index in [2.05, 4.69) is 10.1 Å². The van der Waals surface area contributed by atoms with Gasteiger partial charge in [0, 0.05) is 12.1 Å². The van der Waals surface area contributed by atoms with Gasteiger partial charge < -0.3 is 14.0 Å². The van der Waals surface area contributed by atoms with Gasteiger partial charge in [-0.3, -0.25) is 24.6 Å². The van der Waals surface area contributed by atoms with Gasteiger partial charge in [0.05, 0.1) is 30.3 Å². The van der Waals surface area contributed by atoms with Gasteiger partial charge in [-0.05, 0) is 18.2 Å². The average Bonchev–Trinajstić information content (AvgIpc) is 3.32. The van der Waals surface area contributed by atoms with Crippen molar-refractivity contribution in [2.45, 2.75) is 6.54 Å². The van der Waals surface area contributed by atoms with Crippen LogP contribution in [0.25, 0.3) is 11.4 Å². The minimum atomic E-state index is -0.788. The van der Waals surface area contributed by atoms with E-state index in [1.807, 2.05) is 0 Å². The fourth-order valence-corrected chi connectivity index (χ4v) is 3.16. The van der Waals surface area contributed by atoms with Crippen LogP contribution >= 0.6 is 0 Å². The summed E-state index contributed by atoms with van der Waals surface area (Å²) in [4.78, 5) is 40.8. The van der Waals surface area contributed by atoms with Gasteiger partial charge >= 0.3 is 0 Å². The molecule has 0 radical (unpaired) electrons. The molecule has 0 bridgehead atoms. The van der Waals surface area contributed by atoms with Crippen molar-refractivity contribution in [1.82, 2.24) is 15.0 Å². The number of ether oxygens (including phenoxy) is 2. The van der Waals surface area contributed by atoms with Gasteiger partial charge in [0.15, 0.2) is 0 Å². The Morgan fingerprint density at radius 1 is 1.10 bits per heavy atom. The number of amides is 2. The number of hydrogen-bond acceptors (Lipinski definition) is 9. The lowest BCUT2D eigenvalue weighted by molar-refractivity contribution is -0.385. The molecule has 0 atom stereocenters. The number of hydrogen-bond donors (Lipinski definition) is 0. The van der Waals surface area contributed by atoms with Crippen molar-refractivity contribution in [2.75, 3.05) is 14.2 Å². The second kappa shape index (κ2) is 7.28. The SMILES string of the molecule is COc1ccc(-c2noc(CN3C(=O)c4cccc([N+](=O)[O-])c4C3=O)n2)c(OC)c1. The maximum absolute atomic E-state index is 12.7. The predicted molar refractivity (Wildman–Crippen MR) is 100 cm³/mol. The van der Waals surface area contributed by atoms with E-state index in [1.165, 1.54) is 32.4 Å². The molecule has 30 heavy (non-hydrogen) atoms. The number of rotatable bonds is 6. The zero-order chi connectivity index (χ0) is 21.4. The second-order valence-electron chi connectivity index (χ2n) is 6.23. The molecule has 0 saturated carbocycles. The molecule has 0 saturated heterocycles. The number of methoxy groups -OCH3 is 2. The minimum Gasteiger partial charge on any atom is -0.497 e. The zero-order valence-electron chi connectivity index (χ0n) is 15.8. The van der Waals surface area contributed by atoms with Crippen LogP contribution in [0.4, 0.5) is 5.69 Å². The molecule has 0 N–H and O–H groups in total. The van der Waals surface area contributed by atoms with Crippen molar-refractivity contribution < 1.29 is 28.5 Å². The maximum Gasteiger partial charge on any atom is 0.282 e. The summed E-state index contributed by atoms with van der Waals surface area (Å²) in [5.74, 6) is -0.262. The van der Waals surface area contributed by atoms with Gasteiger partial charge in [-0.15, -0.1) is 0 Å². The molecule has 1 aliphatic heterocycles. The molecule has 2 heterocycles. The van der Waals surface area contributed by atoms with Crippen LogP contribution in [-0.4, -0.2) is 46.0 Å². The highest BCUT2D eigenvalue weighted by molar-refractivity contribution is 6.23. The fourth-order valence-electron chi connectivity index (χ4n) is 3.16. The number of imide groups is 1. The van der Waals surface area contributed by atoms with Crippen LogP contribution in [0.15, 0.2) is 40.9 Å². The van der Waals surface area contributed by atoms with Crippen LogP contribution < -0.4 is 9.47 Å². The summed E-state index contributed by atoms with van der Waals surface area (Å²) < 4.78 is 15.6. The molecule has 0 unspecified atom stereocenters. The van der Waals surface area contributed by atoms with E-state index in [4.69, 9.17) is 14.0 Å². The fraction of sp³-hybridized carbons (Fsp3) is 0.158. The van der Waals surface area contributed by atoms with Gasteiger partial charge in [-0.1, -0.05) is 11.2 Å². The second-order valence-corrected chi connectivity index (χ2v) is 6.23. The van der Waals surface area contributed by atoms with E-state index in [-0.39, 0.29) is 29.4 Å². The Labute approximate surface area is 169 Å². The standard InChI is InChI=1S/C19H14N4O7/c1-28-10-6-7-11(14(8-10)29-2)17-20-15(30-21-17)9-22-18(24)12-4-3-5-13(23(26)27)16(12)19(22)25/h3-8H,9H2,1-2H3. The maximum atomic E-state index is 12.7. The Hall–Kier alpha value is -4.28. The van der Waals surface area contributed by atoms with Crippen LogP contribution in [0, 0.1) is 10.1 Å². The smallest absolute Gasteiger partial charge is 0.282 e. The highest BCUT2D eigenvalue weighted by Crippen LogP contribution is 2.33. The van der Waals surface area contributed by atoms with E-state index in [1.54, 1.807) is 18.2 Å². The molecule has 11 heteroatoms. The third kappa shape index (κ3) is 3.02. The van der Waals surface area contributed by atoms with Gasteiger partial charge in [0.25, 0.3) is 17.5 Å². The van der Waals surface area contributed by atoms with Crippen molar-refractivity contribution in [3.05, 3.63) is 63.5 Å². The summed E-state index contributed by atoms with van der Waals surface area (Å²) >= 11 is 0. The van der Waals surface area contributed by atoms with Crippen molar-refractivity contribution in [1.29, 1.82) is 0 Å². The molecule has 152 valence electrons. The number of carbonyl (C=O) groups is 2. The summed E-state index contributed by atoms with van der Waals surface area (Å²) in [6, 6.07) is 8.91. The van der Waals surface area contributed by atoms with Crippen molar-refractivity contribution in [3.8, 4) is 22.9 Å². The lowest BCUT2D eigenvalue weighted by Crippen LogP contribution is -2.29. The van der Waals surface area contributed by atoms with E-state index >= 15 is 0 Å². The van der Waals surface area contributed by atoms with E-state index < -0.39 is 22.4 Å². The largest absolute Gasteiger partial charge is 0.497 e. The number of nitro groups is 1. The van der Waals surface area contributed by atoms with Crippen LogP contribution in [0.5, 0.6) is 11.5 Å². The number of aromatic nitrogens is 2. The van der Waals surface area contributed by atoms with Gasteiger partial charge in [-0.25, -0.2) is 0 Å². The first-order valence-corrected chi connectivity index (χ1v) is 8.63. The Morgan fingerprint density at radius 2 is 1.90 bits per heavy atom. The molecule has 2 amide bonds. The van der Waals surface area contributed by atoms with Crippen LogP contribution in [0.2, 0.25) is 0 Å². The van der Waals surface area contributed by atoms with E-state index in [0.717, 1.165) is 4.90 Å². The number of benzene rings is 2. The highest BCUT2D eigenvalue weighted by Gasteiger charge is 2.41. The van der Waals surface area contributed by atoms with Crippen LogP contribution in [0.3, 0.4) is 0 Å². The molecule has 4 rings (SSSR count). The minimum absolute atomic E-state index is 0.0139. The van der Waals surface area contributed by atoms with E-state index in [9.17, 15) is 19.7 Å². The lowest BCUT2D eigenvalue weighted by atomic mass is 10.1. The predicted octanol–water partition coefficient (Wildman–Crippen LogP) is 2.46. The normalized spacial score (nSPS) is 12.8. The number of nitro benzene ring substituents is 1. The zero-order valence-corrected chi connectivity index (χ0v) is 15.8. The average molecular weight is 410 g/mol. The first-order valence-electron chi connectivity index (χ1n) is 8.63. The Morgan fingerprint density at radius 3 is 2.60 bits per heavy atom. The summed E-state index contributed by atoms with van der Waals surface area (Å²) in [6.07, 6.45) is 0. The van der Waals surface area contributed by atoms with Gasteiger partial charge in [-0.2, -0.15) is 4.98 Å². The number of carbonyl (C=O) groups excluding carboxylic acids is 2. The molecule has 3 aromatic rings. The lowest BCUT2D eigenvalue weighted by Gasteiger charge is -2.10. The molecular formula is C19H14N4O7. The Bertz CT molecular complexity index is 1190. The highest BCUT2D eigenvalue weighted by atomic mass is 16.6. The van der Waals surface area contributed by atoms with E-state index in [0.29, 0.717) is 17.1 Å². The molecule has 1 aliphatic rings. The third-order valence-corrected chi connectivity index (χ3v) is 4.58. The molecule has 0 aliphatic carbocycles. The number of fused-ring (bicyclic) bond motifs is 1. The Kier molecular flexibility index (Phi) is 4.62. The molecule has 0 spiro atoms. The summed E-state index contributed by atoms with van der Waals surface area (Å²) in [5, 5.41) is 15.1. The molecule has 0 fully saturated rings. The molecule has 2 aromatic carbocycles. The van der Waals surface area contributed by atoms with Gasteiger partial charge in [0.2, 0.25) is 11.7 Å². The molecular weight excluding hydrogens is 396 g/mol. The quantitative estimate of drug-likeness (QED) is 0.341. The summed E-state index contributed by atoms with van der Waals surface area (Å²) in [6.45, 7) is -0.324. The molecule has 11 nitrogen and oxygen atoms in total. The Balaban J connectivity index is 1.62. The summed E-state index contributed by atoms with van der Waals surface area (Å²) in [7, 11) is 3.00. The van der Waals surface area contributed by atoms with Crippen molar-refractivity contribution in [3.63, 3.8) is 0 Å². The topological polar surface area (TPSA) is 138 Å². The van der Waals surface area contributed by atoms with Crippen molar-refractivity contribution >= 4 is 17.5 Å². The first kappa shape index (κ1) is 19.1. The number of nitrogens with zero attached hydrogens (tertiary/aromatic N) is 4. The van der Waals surface area contributed by atoms with Crippen LogP contribution in [-0.2, 0) is 6.54 Å². The first-order chi connectivity index (χ1) is 14.4. The third-order valence-electron chi connectivity index (χ3n) is 4.58. The van der Waals surface area contributed by atoms with Crippen molar-refractivity contribution in [2.24, 2.45) is 0 Å². The monoisotopic (exact) mass is 410 g/mol. The summed E-state index contributed by atoms with van der Waals surface area (Å²) in [5.41, 5.74) is -0.191.